The molecule has 6 heteroatoms. The fourth-order valence-corrected chi connectivity index (χ4v) is 1.71. The number of carbonyl (C=O) groups is 1. The number of nitrogens with one attached hydrogen (secondary N) is 2. The lowest BCUT2D eigenvalue weighted by molar-refractivity contribution is 0.0936. The van der Waals surface area contributed by atoms with E-state index in [0.29, 0.717) is 0 Å². The topological polar surface area (TPSA) is 57.8 Å². The lowest BCUT2D eigenvalue weighted by atomic mass is 10.1. The molecule has 1 amide bonds. The molecule has 2 N–H and O–H groups in total. The van der Waals surface area contributed by atoms with Gasteiger partial charge in [-0.2, -0.15) is 5.10 Å². The molecule has 0 saturated heterocycles. The quantitative estimate of drug-likeness (QED) is 0.898. The lowest BCUT2D eigenvalue weighted by Gasteiger charge is -2.12. The van der Waals surface area contributed by atoms with Gasteiger partial charge in [-0.25, -0.2) is 4.39 Å². The highest BCUT2D eigenvalue weighted by atomic mass is 35.5. The molecule has 0 aliphatic heterocycles. The first-order valence-electron chi connectivity index (χ1n) is 5.33. The average Bonchev–Trinajstić information content (AvgIpc) is 2.86. The van der Waals surface area contributed by atoms with Crippen molar-refractivity contribution in [3.05, 3.63) is 52.6 Å². The number of carbonyl (C=O) groups excluding carboxylic acids is 1. The Labute approximate surface area is 108 Å². The van der Waals surface area contributed by atoms with Crippen molar-refractivity contribution < 1.29 is 9.18 Å². The second kappa shape index (κ2) is 5.18. The molecule has 2 aromatic rings. The molecular weight excluding hydrogens is 257 g/mol. The molecular formula is C12H11ClFN3O. The normalized spacial score (nSPS) is 12.2. The Kier molecular flexibility index (Phi) is 3.62. The van der Waals surface area contributed by atoms with Crippen LogP contribution >= 0.6 is 11.6 Å². The maximum absolute atomic E-state index is 13.6. The number of nitrogens with zero attached hydrogens (tertiary/aromatic N) is 1. The first-order valence-corrected chi connectivity index (χ1v) is 5.71. The highest BCUT2D eigenvalue weighted by Gasteiger charge is 2.17. The highest BCUT2D eigenvalue weighted by Crippen LogP contribution is 2.19. The van der Waals surface area contributed by atoms with E-state index in [9.17, 15) is 9.18 Å². The molecule has 1 aromatic heterocycles. The molecule has 2 rings (SSSR count). The molecule has 1 atom stereocenters. The van der Waals surface area contributed by atoms with Gasteiger partial charge >= 0.3 is 0 Å². The van der Waals surface area contributed by atoms with Crippen molar-refractivity contribution in [1.82, 2.24) is 15.5 Å². The second-order valence-corrected chi connectivity index (χ2v) is 4.24. The molecule has 0 aliphatic rings. The molecule has 0 saturated carbocycles. The highest BCUT2D eigenvalue weighted by molar-refractivity contribution is 6.31. The van der Waals surface area contributed by atoms with Crippen LogP contribution in [0.5, 0.6) is 0 Å². The van der Waals surface area contributed by atoms with E-state index >= 15 is 0 Å². The Morgan fingerprint density at radius 2 is 2.33 bits per heavy atom. The van der Waals surface area contributed by atoms with E-state index in [0.717, 1.165) is 5.56 Å². The number of H-pyrrole nitrogens is 1. The van der Waals surface area contributed by atoms with Crippen LogP contribution in [0.2, 0.25) is 5.02 Å². The minimum absolute atomic E-state index is 0.0707. The van der Waals surface area contributed by atoms with E-state index in [2.05, 4.69) is 15.5 Å². The van der Waals surface area contributed by atoms with Crippen LogP contribution in [0.3, 0.4) is 0 Å². The summed E-state index contributed by atoms with van der Waals surface area (Å²) in [7, 11) is 0. The minimum Gasteiger partial charge on any atom is -0.345 e. The van der Waals surface area contributed by atoms with E-state index in [1.807, 2.05) is 0 Å². The molecule has 0 bridgehead atoms. The van der Waals surface area contributed by atoms with Crippen LogP contribution in [-0.4, -0.2) is 16.1 Å². The first kappa shape index (κ1) is 12.6. The largest absolute Gasteiger partial charge is 0.345 e. The standard InChI is InChI=1S/C12H11ClFN3O/c1-7(8-5-15-16-6-8)17-12(18)9-3-2-4-10(13)11(9)14/h2-7H,1H3,(H,15,16)(H,17,18). The Bertz CT molecular complexity index is 556. The number of hydrogen-bond donors (Lipinski definition) is 2. The zero-order chi connectivity index (χ0) is 13.1. The van der Waals surface area contributed by atoms with Gasteiger partial charge in [0.15, 0.2) is 5.82 Å². The number of aromatic amines is 1. The fraction of sp³-hybridized carbons (Fsp3) is 0.167. The maximum atomic E-state index is 13.6. The summed E-state index contributed by atoms with van der Waals surface area (Å²) < 4.78 is 13.6. The molecule has 1 aromatic carbocycles. The van der Waals surface area contributed by atoms with Crippen LogP contribution in [0.25, 0.3) is 0 Å². The minimum atomic E-state index is -0.712. The molecule has 94 valence electrons. The summed E-state index contributed by atoms with van der Waals surface area (Å²) in [5.41, 5.74) is 0.739. The number of hydrogen-bond acceptors (Lipinski definition) is 2. The van der Waals surface area contributed by atoms with Crippen molar-refractivity contribution in [2.24, 2.45) is 0 Å². The molecule has 0 radical (unpaired) electrons. The van der Waals surface area contributed by atoms with Gasteiger partial charge in [0, 0.05) is 11.8 Å². The number of benzene rings is 1. The first-order chi connectivity index (χ1) is 8.59. The van der Waals surface area contributed by atoms with E-state index in [-0.39, 0.29) is 16.6 Å². The van der Waals surface area contributed by atoms with Crippen LogP contribution in [0.1, 0.15) is 28.9 Å². The van der Waals surface area contributed by atoms with E-state index in [4.69, 9.17) is 11.6 Å². The van der Waals surface area contributed by atoms with E-state index < -0.39 is 11.7 Å². The van der Waals surface area contributed by atoms with Gasteiger partial charge in [-0.1, -0.05) is 17.7 Å². The van der Waals surface area contributed by atoms with Gasteiger partial charge in [-0.15, -0.1) is 0 Å². The van der Waals surface area contributed by atoms with Crippen LogP contribution in [0.4, 0.5) is 4.39 Å². The zero-order valence-electron chi connectivity index (χ0n) is 9.58. The summed E-state index contributed by atoms with van der Waals surface area (Å²) in [6.45, 7) is 1.78. The number of halogens is 2. The summed E-state index contributed by atoms with van der Waals surface area (Å²) in [4.78, 5) is 11.9. The van der Waals surface area contributed by atoms with Gasteiger partial charge < -0.3 is 5.32 Å². The van der Waals surface area contributed by atoms with E-state index in [1.165, 1.54) is 18.2 Å². The van der Waals surface area contributed by atoms with Gasteiger partial charge in [0.05, 0.1) is 22.8 Å². The van der Waals surface area contributed by atoms with Crippen molar-refractivity contribution in [1.29, 1.82) is 0 Å². The molecule has 0 fully saturated rings. The predicted molar refractivity (Wildman–Crippen MR) is 65.9 cm³/mol. The Morgan fingerprint density at radius 3 is 3.00 bits per heavy atom. The molecule has 1 heterocycles. The number of amides is 1. The summed E-state index contributed by atoms with van der Waals surface area (Å²) in [5, 5.41) is 9.03. The van der Waals surface area contributed by atoms with Crippen molar-refractivity contribution in [3.63, 3.8) is 0 Å². The van der Waals surface area contributed by atoms with Crippen LogP contribution in [0.15, 0.2) is 30.6 Å². The summed E-state index contributed by atoms with van der Waals surface area (Å²) in [6, 6.07) is 4.05. The average molecular weight is 268 g/mol. The summed E-state index contributed by atoms with van der Waals surface area (Å²) >= 11 is 5.62. The molecule has 0 spiro atoms. The van der Waals surface area contributed by atoms with Gasteiger partial charge in [0.1, 0.15) is 0 Å². The van der Waals surface area contributed by atoms with Crippen LogP contribution < -0.4 is 5.32 Å². The molecule has 18 heavy (non-hydrogen) atoms. The SMILES string of the molecule is CC(NC(=O)c1cccc(Cl)c1F)c1cn[nH]c1. The van der Waals surface area contributed by atoms with E-state index in [1.54, 1.807) is 19.3 Å². The fourth-order valence-electron chi connectivity index (χ4n) is 1.53. The third kappa shape index (κ3) is 2.51. The molecule has 0 aliphatic carbocycles. The van der Waals surface area contributed by atoms with Gasteiger partial charge in [-0.05, 0) is 19.1 Å². The Morgan fingerprint density at radius 1 is 1.56 bits per heavy atom. The second-order valence-electron chi connectivity index (χ2n) is 3.83. The van der Waals surface area contributed by atoms with Crippen molar-refractivity contribution in [2.75, 3.05) is 0 Å². The predicted octanol–water partition coefficient (Wildman–Crippen LogP) is 2.69. The number of aromatic nitrogens is 2. The number of rotatable bonds is 3. The van der Waals surface area contributed by atoms with Crippen LogP contribution in [-0.2, 0) is 0 Å². The van der Waals surface area contributed by atoms with Crippen molar-refractivity contribution in [3.8, 4) is 0 Å². The molecule has 4 nitrogen and oxygen atoms in total. The van der Waals surface area contributed by atoms with Crippen molar-refractivity contribution >= 4 is 17.5 Å². The summed E-state index contributed by atoms with van der Waals surface area (Å²) in [6.07, 6.45) is 3.26. The zero-order valence-corrected chi connectivity index (χ0v) is 10.3. The van der Waals surface area contributed by atoms with Crippen LogP contribution in [0, 0.1) is 5.82 Å². The third-order valence-corrected chi connectivity index (χ3v) is 2.86. The Hall–Kier alpha value is -1.88. The third-order valence-electron chi connectivity index (χ3n) is 2.56. The van der Waals surface area contributed by atoms with Crippen molar-refractivity contribution in [2.45, 2.75) is 13.0 Å². The lowest BCUT2D eigenvalue weighted by Crippen LogP contribution is -2.27. The smallest absolute Gasteiger partial charge is 0.254 e. The maximum Gasteiger partial charge on any atom is 0.254 e. The van der Waals surface area contributed by atoms with Gasteiger partial charge in [0.2, 0.25) is 0 Å². The molecule has 1 unspecified atom stereocenters. The monoisotopic (exact) mass is 267 g/mol. The van der Waals surface area contributed by atoms with Gasteiger partial charge in [0.25, 0.3) is 5.91 Å². The Balaban J connectivity index is 2.15. The van der Waals surface area contributed by atoms with Gasteiger partial charge in [-0.3, -0.25) is 9.89 Å². The summed E-state index contributed by atoms with van der Waals surface area (Å²) in [5.74, 6) is -1.22.